The summed E-state index contributed by atoms with van der Waals surface area (Å²) < 4.78 is 296. The van der Waals surface area contributed by atoms with Gasteiger partial charge in [0.25, 0.3) is 0 Å². The van der Waals surface area contributed by atoms with Crippen LogP contribution in [0.25, 0.3) is 0 Å². The third-order valence-corrected chi connectivity index (χ3v) is 10.2. The molecule has 444 valence electrons. The number of hydrogen-bond donors (Lipinski definition) is 0. The molecule has 0 aromatic heterocycles. The largest absolute Gasteiger partial charge is 0.469 e. The normalized spacial score (nSPS) is 25.0. The Balaban J connectivity index is 2.38. The zero-order valence-electron chi connectivity index (χ0n) is 40.6. The quantitative estimate of drug-likeness (QED) is 0.0303. The zero-order chi connectivity index (χ0) is 59.7. The summed E-state index contributed by atoms with van der Waals surface area (Å²) in [6.07, 6.45) is -29.6. The third-order valence-electron chi connectivity index (χ3n) is 10.2. The monoisotopic (exact) mass is 1170 g/mol. The zero-order valence-corrected chi connectivity index (χ0v) is 40.6. The van der Waals surface area contributed by atoms with E-state index in [9.17, 15) is 108 Å². The van der Waals surface area contributed by atoms with E-state index in [1.807, 2.05) is 0 Å². The lowest BCUT2D eigenvalue weighted by Gasteiger charge is -2.48. The molecule has 77 heavy (non-hydrogen) atoms. The maximum atomic E-state index is 14.3. The summed E-state index contributed by atoms with van der Waals surface area (Å²) in [5.74, 6) is -64.7. The van der Waals surface area contributed by atoms with Crippen LogP contribution >= 0.6 is 0 Å². The smallest absolute Gasteiger partial charge is 0.460 e. The van der Waals surface area contributed by atoms with E-state index in [4.69, 9.17) is 56.8 Å². The van der Waals surface area contributed by atoms with Crippen LogP contribution < -0.4 is 0 Å². The Morgan fingerprint density at radius 1 is 0.429 bits per heavy atom. The van der Waals surface area contributed by atoms with Gasteiger partial charge in [-0.1, -0.05) is 0 Å². The molecule has 0 aromatic rings. The van der Waals surface area contributed by atoms with Crippen LogP contribution in [-0.2, 0) is 90.4 Å². The maximum Gasteiger partial charge on any atom is 0.460 e. The number of ether oxygens (including phenoxy) is 12. The summed E-state index contributed by atoms with van der Waals surface area (Å²) in [7, 11) is 0. The van der Waals surface area contributed by atoms with E-state index < -0.39 is 197 Å². The van der Waals surface area contributed by atoms with Crippen LogP contribution in [0.1, 0.15) is 67.7 Å². The summed E-state index contributed by atoms with van der Waals surface area (Å²) >= 11 is 0. The molecule has 0 N–H and O–H groups in total. The van der Waals surface area contributed by atoms with Gasteiger partial charge in [0.2, 0.25) is 12.4 Å². The fourth-order valence-electron chi connectivity index (χ4n) is 6.79. The molecule has 2 rings (SSSR count). The highest BCUT2D eigenvalue weighted by Crippen LogP contribution is 2.64. The van der Waals surface area contributed by atoms with Crippen molar-refractivity contribution >= 4 is 41.8 Å². The van der Waals surface area contributed by atoms with Gasteiger partial charge in [-0.25, -0.2) is 0 Å². The highest BCUT2D eigenvalue weighted by molar-refractivity contribution is 5.69. The highest BCUT2D eigenvalue weighted by atomic mass is 19.4. The molecule has 19 nitrogen and oxygen atoms in total. The molecule has 0 bridgehead atoms. The van der Waals surface area contributed by atoms with Crippen molar-refractivity contribution in [3.8, 4) is 0 Å². The first-order chi connectivity index (χ1) is 34.9. The lowest BCUT2D eigenvalue weighted by atomic mass is 9.88. The van der Waals surface area contributed by atoms with Gasteiger partial charge in [-0.3, -0.25) is 33.6 Å². The maximum absolute atomic E-state index is 14.3. The summed E-state index contributed by atoms with van der Waals surface area (Å²) in [6.45, 7) is 2.72. The van der Waals surface area contributed by atoms with Crippen LogP contribution in [0, 0.1) is 0 Å². The van der Waals surface area contributed by atoms with E-state index in [0.29, 0.717) is 0 Å². The third kappa shape index (κ3) is 15.8. The molecule has 2 saturated heterocycles. The van der Waals surface area contributed by atoms with Gasteiger partial charge in [0.05, 0.1) is 12.9 Å². The predicted octanol–water partition coefficient (Wildman–Crippen LogP) is 6.33. The number of alkyl halides is 17. The van der Waals surface area contributed by atoms with Gasteiger partial charge < -0.3 is 56.8 Å². The topological polar surface area (TPSA) is 230 Å². The van der Waals surface area contributed by atoms with Crippen molar-refractivity contribution < 1.29 is 165 Å². The van der Waals surface area contributed by atoms with Crippen LogP contribution in [0.5, 0.6) is 0 Å². The average molecular weight is 1170 g/mol. The van der Waals surface area contributed by atoms with Crippen LogP contribution in [0.4, 0.5) is 74.6 Å². The Kier molecular flexibility index (Phi) is 22.8. The van der Waals surface area contributed by atoms with Crippen LogP contribution in [0.3, 0.4) is 0 Å². The number of halogens is 17. The second kappa shape index (κ2) is 26.0. The lowest BCUT2D eigenvalue weighted by Crippen LogP contribution is -2.74. The Morgan fingerprint density at radius 3 is 1.22 bits per heavy atom. The molecule has 2 heterocycles. The van der Waals surface area contributed by atoms with E-state index >= 15 is 0 Å². The molecule has 0 spiro atoms. The molecular formula is C41H47F17O19. The number of hydrogen-bond acceptors (Lipinski definition) is 19. The molecule has 36 heteroatoms. The van der Waals surface area contributed by atoms with Crippen LogP contribution in [0.15, 0.2) is 12.3 Å². The second-order valence-electron chi connectivity index (χ2n) is 16.3. The van der Waals surface area contributed by atoms with Crippen molar-refractivity contribution in [3.63, 3.8) is 0 Å². The predicted molar refractivity (Wildman–Crippen MR) is 209 cm³/mol. The second-order valence-corrected chi connectivity index (χ2v) is 16.3. The molecule has 0 unspecified atom stereocenters. The Labute approximate surface area is 422 Å². The lowest BCUT2D eigenvalue weighted by molar-refractivity contribution is -0.461. The van der Waals surface area contributed by atoms with Gasteiger partial charge in [0, 0.05) is 61.5 Å². The summed E-state index contributed by atoms with van der Waals surface area (Å²) in [4.78, 5) is 85.8. The van der Waals surface area contributed by atoms with Gasteiger partial charge in [-0.05, 0) is 18.9 Å². The number of rotatable bonds is 26. The standard InChI is InChI=1S/C41H47F17O19/c1-17(59)68-15-24-26(70-19(3)61)28(71-20(4)62)31(74-23(7)65)33(76-24)77-27-25(16-69-18(2)60)75-32(30(73-22(6)64)29(27)72-21(5)63)67-14-9-8-12-66-13-10-11-34(42,43)35(44,45)36(46,47)37(48,49)38(50,51)39(52,53)40(54,55)41(56,57)58/h9,14,24-33H,8,10-13,15-16H2,1-7H3/t24-,25-,26+,27-,28+,29+,30-,31-,32-,33+/m1/s1. The molecule has 0 aliphatic carbocycles. The molecule has 2 aliphatic heterocycles. The van der Waals surface area contributed by atoms with E-state index in [1.54, 1.807) is 0 Å². The minimum atomic E-state index is -8.76. The van der Waals surface area contributed by atoms with Gasteiger partial charge in [0.1, 0.15) is 31.5 Å². The van der Waals surface area contributed by atoms with Crippen molar-refractivity contribution in [3.05, 3.63) is 12.3 Å². The van der Waals surface area contributed by atoms with E-state index in [2.05, 4.69) is 0 Å². The fourth-order valence-corrected chi connectivity index (χ4v) is 6.79. The molecule has 0 radical (unpaired) electrons. The van der Waals surface area contributed by atoms with Crippen molar-refractivity contribution in [1.82, 2.24) is 0 Å². The summed E-state index contributed by atoms with van der Waals surface area (Å²) in [5.41, 5.74) is 0. The van der Waals surface area contributed by atoms with Crippen molar-refractivity contribution in [1.29, 1.82) is 0 Å². The molecular weight excluding hydrogens is 1120 g/mol. The van der Waals surface area contributed by atoms with Gasteiger partial charge >= 0.3 is 89.4 Å². The first-order valence-electron chi connectivity index (χ1n) is 21.6. The van der Waals surface area contributed by atoms with E-state index in [0.717, 1.165) is 60.8 Å². The fraction of sp³-hybridized carbons (Fsp3) is 0.780. The first kappa shape index (κ1) is 67.6. The number of esters is 7. The van der Waals surface area contributed by atoms with Crippen LogP contribution in [0.2, 0.25) is 0 Å². The molecule has 2 fully saturated rings. The minimum absolute atomic E-state index is 0.438. The van der Waals surface area contributed by atoms with Crippen molar-refractivity contribution in [2.45, 2.75) is 177 Å². The number of carbonyl (C=O) groups is 7. The first-order valence-corrected chi connectivity index (χ1v) is 21.6. The van der Waals surface area contributed by atoms with Gasteiger partial charge in [-0.15, -0.1) is 0 Å². The van der Waals surface area contributed by atoms with Gasteiger partial charge in [0.15, 0.2) is 30.7 Å². The van der Waals surface area contributed by atoms with Crippen molar-refractivity contribution in [2.75, 3.05) is 26.4 Å². The summed E-state index contributed by atoms with van der Waals surface area (Å²) in [6, 6.07) is 0. The average Bonchev–Trinajstić information content (AvgIpc) is 3.26. The highest BCUT2D eigenvalue weighted by Gasteiger charge is 2.95. The van der Waals surface area contributed by atoms with Crippen LogP contribution in [-0.4, -0.2) is 177 Å². The number of carbonyl (C=O) groups excluding carboxylic acids is 7. The van der Waals surface area contributed by atoms with E-state index in [-0.39, 0.29) is 0 Å². The Hall–Kier alpha value is -5.52. The van der Waals surface area contributed by atoms with E-state index in [1.165, 1.54) is 0 Å². The molecule has 2 aliphatic rings. The molecule has 10 atom stereocenters. The molecule has 0 amide bonds. The van der Waals surface area contributed by atoms with Crippen molar-refractivity contribution in [2.24, 2.45) is 0 Å². The SMILES string of the molecule is CC(=O)OC[C@H]1O[C@@H](O[C@H]2[C@H](OC(C)=O)[C@@H](OC(C)=O)[C@H](OC=CCCOCCCC(F)(F)C(F)(F)C(F)(F)C(F)(F)C(F)(F)C(F)(F)C(F)(F)C(F)(F)F)O[C@@H]2COC(C)=O)[C@H](OC(C)=O)[C@@H](OC(C)=O)[C@H]1OC(C)=O. The summed E-state index contributed by atoms with van der Waals surface area (Å²) in [5, 5.41) is 0. The minimum Gasteiger partial charge on any atom is -0.469 e. The molecule has 0 aromatic carbocycles. The molecule has 0 saturated carbocycles. The Morgan fingerprint density at radius 2 is 0.792 bits per heavy atom. The van der Waals surface area contributed by atoms with Gasteiger partial charge in [-0.2, -0.15) is 74.6 Å². The Bertz CT molecular complexity index is 2110.